The largest absolute Gasteiger partial charge is 0.497 e. The van der Waals surface area contributed by atoms with Crippen LogP contribution in [0.1, 0.15) is 16.7 Å². The van der Waals surface area contributed by atoms with E-state index in [9.17, 15) is 0 Å². The quantitative estimate of drug-likeness (QED) is 0.658. The van der Waals surface area contributed by atoms with Crippen molar-refractivity contribution in [3.8, 4) is 5.75 Å². The molecule has 134 valence electrons. The Morgan fingerprint density at radius 2 is 1.88 bits per heavy atom. The second kappa shape index (κ2) is 8.34. The predicted octanol–water partition coefficient (Wildman–Crippen LogP) is 4.50. The van der Waals surface area contributed by atoms with E-state index in [2.05, 4.69) is 52.6 Å². The summed E-state index contributed by atoms with van der Waals surface area (Å²) in [6.07, 6.45) is 2.64. The number of rotatable bonds is 7. The molecule has 2 N–H and O–H groups in total. The fourth-order valence-electron chi connectivity index (χ4n) is 2.63. The Morgan fingerprint density at radius 3 is 2.69 bits per heavy atom. The maximum absolute atomic E-state index is 5.26. The van der Waals surface area contributed by atoms with Crippen molar-refractivity contribution in [1.82, 2.24) is 9.97 Å². The van der Waals surface area contributed by atoms with Crippen LogP contribution in [0.2, 0.25) is 0 Å². The molecule has 0 radical (unpaired) electrons. The molecule has 0 bridgehead atoms. The first-order valence-electron chi connectivity index (χ1n) is 8.68. The molecule has 0 atom stereocenters. The lowest BCUT2D eigenvalue weighted by atomic mass is 10.1. The van der Waals surface area contributed by atoms with Crippen molar-refractivity contribution in [2.24, 2.45) is 0 Å². The molecule has 0 fully saturated rings. The van der Waals surface area contributed by atoms with Crippen molar-refractivity contribution >= 4 is 17.5 Å². The number of anilines is 3. The van der Waals surface area contributed by atoms with Crippen LogP contribution < -0.4 is 15.4 Å². The van der Waals surface area contributed by atoms with Crippen LogP contribution in [0.4, 0.5) is 17.5 Å². The molecule has 0 aliphatic rings. The van der Waals surface area contributed by atoms with Gasteiger partial charge in [0, 0.05) is 18.4 Å². The summed E-state index contributed by atoms with van der Waals surface area (Å²) in [6.45, 7) is 4.98. The van der Waals surface area contributed by atoms with Gasteiger partial charge in [0.2, 0.25) is 5.95 Å². The van der Waals surface area contributed by atoms with E-state index in [1.54, 1.807) is 13.3 Å². The van der Waals surface area contributed by atoms with Gasteiger partial charge in [-0.1, -0.05) is 18.2 Å². The smallest absolute Gasteiger partial charge is 0.229 e. The zero-order valence-electron chi connectivity index (χ0n) is 15.4. The van der Waals surface area contributed by atoms with E-state index in [0.717, 1.165) is 30.2 Å². The maximum atomic E-state index is 5.26. The van der Waals surface area contributed by atoms with Gasteiger partial charge in [0.15, 0.2) is 0 Å². The van der Waals surface area contributed by atoms with E-state index in [4.69, 9.17) is 4.74 Å². The fourth-order valence-corrected chi connectivity index (χ4v) is 2.63. The highest BCUT2D eigenvalue weighted by Crippen LogP contribution is 2.18. The minimum atomic E-state index is 0.583. The van der Waals surface area contributed by atoms with Crippen molar-refractivity contribution in [2.45, 2.75) is 20.3 Å². The molecule has 5 nitrogen and oxygen atoms in total. The first-order chi connectivity index (χ1) is 12.6. The van der Waals surface area contributed by atoms with Gasteiger partial charge in [-0.15, -0.1) is 0 Å². The Balaban J connectivity index is 1.59. The van der Waals surface area contributed by atoms with Crippen molar-refractivity contribution in [3.63, 3.8) is 0 Å². The van der Waals surface area contributed by atoms with Gasteiger partial charge in [-0.25, -0.2) is 4.98 Å². The lowest BCUT2D eigenvalue weighted by molar-refractivity contribution is 0.414. The van der Waals surface area contributed by atoms with Crippen LogP contribution in [0.25, 0.3) is 0 Å². The molecule has 0 aliphatic heterocycles. The number of aryl methyl sites for hydroxylation is 2. The van der Waals surface area contributed by atoms with Crippen molar-refractivity contribution in [3.05, 3.63) is 71.4 Å². The summed E-state index contributed by atoms with van der Waals surface area (Å²) in [5.41, 5.74) is 4.72. The first kappa shape index (κ1) is 17.7. The maximum Gasteiger partial charge on any atom is 0.229 e. The number of nitrogens with one attached hydrogen (secondary N) is 2. The van der Waals surface area contributed by atoms with Gasteiger partial charge in [0.25, 0.3) is 0 Å². The molecule has 0 spiro atoms. The first-order valence-corrected chi connectivity index (χ1v) is 8.68. The lowest BCUT2D eigenvalue weighted by Gasteiger charge is -2.10. The Kier molecular flexibility index (Phi) is 5.69. The third kappa shape index (κ3) is 4.72. The molecule has 26 heavy (non-hydrogen) atoms. The topological polar surface area (TPSA) is 59.1 Å². The molecule has 5 heteroatoms. The minimum Gasteiger partial charge on any atom is -0.497 e. The summed E-state index contributed by atoms with van der Waals surface area (Å²) in [4.78, 5) is 8.82. The van der Waals surface area contributed by atoms with E-state index in [0.29, 0.717) is 5.95 Å². The molecule has 0 aliphatic carbocycles. The minimum absolute atomic E-state index is 0.583. The Hall–Kier alpha value is -3.08. The van der Waals surface area contributed by atoms with Crippen LogP contribution in [-0.2, 0) is 6.42 Å². The summed E-state index contributed by atoms with van der Waals surface area (Å²) in [5, 5.41) is 6.60. The SMILES string of the molecule is COc1cccc(CCNc2ccnc(Nc3ccc(C)c(C)c3)n2)c1. The monoisotopic (exact) mass is 348 g/mol. The van der Waals surface area contributed by atoms with Crippen LogP contribution in [0.3, 0.4) is 0 Å². The van der Waals surface area contributed by atoms with Gasteiger partial charge < -0.3 is 15.4 Å². The van der Waals surface area contributed by atoms with Gasteiger partial charge in [-0.05, 0) is 67.3 Å². The molecule has 0 unspecified atom stereocenters. The zero-order chi connectivity index (χ0) is 18.4. The van der Waals surface area contributed by atoms with E-state index in [1.807, 2.05) is 30.3 Å². The number of hydrogen-bond donors (Lipinski definition) is 2. The second-order valence-electron chi connectivity index (χ2n) is 6.22. The summed E-state index contributed by atoms with van der Waals surface area (Å²) in [5.74, 6) is 2.26. The normalized spacial score (nSPS) is 10.4. The molecule has 3 rings (SSSR count). The number of aromatic nitrogens is 2. The van der Waals surface area contributed by atoms with Crippen molar-refractivity contribution in [1.29, 1.82) is 0 Å². The van der Waals surface area contributed by atoms with Crippen molar-refractivity contribution in [2.75, 3.05) is 24.3 Å². The molecular weight excluding hydrogens is 324 g/mol. The molecule has 1 aromatic heterocycles. The highest BCUT2D eigenvalue weighted by molar-refractivity contribution is 5.56. The van der Waals surface area contributed by atoms with E-state index in [1.165, 1.54) is 16.7 Å². The molecule has 3 aromatic rings. The highest BCUT2D eigenvalue weighted by Gasteiger charge is 2.02. The highest BCUT2D eigenvalue weighted by atomic mass is 16.5. The number of benzene rings is 2. The average molecular weight is 348 g/mol. The fraction of sp³-hybridized carbons (Fsp3) is 0.238. The van der Waals surface area contributed by atoms with Gasteiger partial charge in [0.05, 0.1) is 7.11 Å². The third-order valence-corrected chi connectivity index (χ3v) is 4.27. The molecule has 0 amide bonds. The van der Waals surface area contributed by atoms with Crippen LogP contribution in [0.5, 0.6) is 5.75 Å². The third-order valence-electron chi connectivity index (χ3n) is 4.27. The number of ether oxygens (including phenoxy) is 1. The summed E-state index contributed by atoms with van der Waals surface area (Å²) in [7, 11) is 1.68. The zero-order valence-corrected chi connectivity index (χ0v) is 15.4. The average Bonchev–Trinajstić information content (AvgIpc) is 2.65. The predicted molar refractivity (Wildman–Crippen MR) is 106 cm³/mol. The van der Waals surface area contributed by atoms with Crippen LogP contribution in [0, 0.1) is 13.8 Å². The molecule has 0 saturated carbocycles. The van der Waals surface area contributed by atoms with Crippen LogP contribution in [-0.4, -0.2) is 23.6 Å². The molecule has 0 saturated heterocycles. The number of methoxy groups -OCH3 is 1. The van der Waals surface area contributed by atoms with E-state index < -0.39 is 0 Å². The van der Waals surface area contributed by atoms with Gasteiger partial charge in [-0.3, -0.25) is 0 Å². The van der Waals surface area contributed by atoms with E-state index in [-0.39, 0.29) is 0 Å². The molecular formula is C21H24N4O. The van der Waals surface area contributed by atoms with Gasteiger partial charge >= 0.3 is 0 Å². The summed E-state index contributed by atoms with van der Waals surface area (Å²) in [6, 6.07) is 16.2. The Morgan fingerprint density at radius 1 is 1.00 bits per heavy atom. The van der Waals surface area contributed by atoms with E-state index >= 15 is 0 Å². The van der Waals surface area contributed by atoms with Crippen LogP contribution in [0.15, 0.2) is 54.7 Å². The van der Waals surface area contributed by atoms with Crippen molar-refractivity contribution < 1.29 is 4.74 Å². The summed E-state index contributed by atoms with van der Waals surface area (Å²) >= 11 is 0. The number of hydrogen-bond acceptors (Lipinski definition) is 5. The molecule has 1 heterocycles. The summed E-state index contributed by atoms with van der Waals surface area (Å²) < 4.78 is 5.26. The lowest BCUT2D eigenvalue weighted by Crippen LogP contribution is -2.08. The standard InChI is InChI=1S/C21H24N4O/c1-15-7-8-18(13-16(15)2)24-21-23-12-10-20(25-21)22-11-9-17-5-4-6-19(14-17)26-3/h4-8,10,12-14H,9,11H2,1-3H3,(H2,22,23,24,25). The van der Waals surface area contributed by atoms with Gasteiger partial charge in [0.1, 0.15) is 11.6 Å². The van der Waals surface area contributed by atoms with Crippen LogP contribution >= 0.6 is 0 Å². The molecule has 2 aromatic carbocycles. The number of nitrogens with zero attached hydrogens (tertiary/aromatic N) is 2. The second-order valence-corrected chi connectivity index (χ2v) is 6.22. The Labute approximate surface area is 154 Å². The van der Waals surface area contributed by atoms with Gasteiger partial charge in [-0.2, -0.15) is 4.98 Å². The Bertz CT molecular complexity index is 879.